The molecule has 3 rings (SSSR count). The average Bonchev–Trinajstić information content (AvgIpc) is 3.14. The number of aromatic carboxylic acids is 1. The van der Waals surface area contributed by atoms with Crippen LogP contribution in [-0.4, -0.2) is 28.6 Å². The van der Waals surface area contributed by atoms with E-state index in [1.807, 2.05) is 0 Å². The van der Waals surface area contributed by atoms with E-state index in [9.17, 15) is 4.79 Å². The quantitative estimate of drug-likeness (QED) is 0.854. The zero-order valence-electron chi connectivity index (χ0n) is 8.93. The van der Waals surface area contributed by atoms with Gasteiger partial charge < -0.3 is 10.0 Å². The Hall–Kier alpha value is -1.10. The minimum absolute atomic E-state index is 0.182. The largest absolute Gasteiger partial charge is 0.476 e. The highest BCUT2D eigenvalue weighted by molar-refractivity contribution is 7.13. The van der Waals surface area contributed by atoms with E-state index in [0.717, 1.165) is 17.6 Å². The average molecular weight is 238 g/mol. The standard InChI is InChI=1S/C11H14N2O2S/c14-10(15)9-6-16-11(12-9)13(8-3-4-8)5-7-1-2-7/h6-8H,1-5H2,(H,14,15). The summed E-state index contributed by atoms with van der Waals surface area (Å²) in [6, 6.07) is 0.619. The van der Waals surface area contributed by atoms with Crippen molar-refractivity contribution >= 4 is 22.4 Å². The van der Waals surface area contributed by atoms with Crippen LogP contribution in [0.2, 0.25) is 0 Å². The van der Waals surface area contributed by atoms with Crippen LogP contribution in [0.4, 0.5) is 5.13 Å². The Kier molecular flexibility index (Phi) is 2.35. The van der Waals surface area contributed by atoms with Gasteiger partial charge in [0.2, 0.25) is 0 Å². The minimum atomic E-state index is -0.926. The lowest BCUT2D eigenvalue weighted by Gasteiger charge is -2.20. The lowest BCUT2D eigenvalue weighted by atomic mass is 10.4. The first-order chi connectivity index (χ1) is 7.74. The van der Waals surface area contributed by atoms with Crippen LogP contribution in [0, 0.1) is 5.92 Å². The van der Waals surface area contributed by atoms with Gasteiger partial charge in [-0.05, 0) is 31.6 Å². The van der Waals surface area contributed by atoms with Gasteiger partial charge in [0.15, 0.2) is 10.8 Å². The van der Waals surface area contributed by atoms with Gasteiger partial charge in [-0.1, -0.05) is 0 Å². The number of rotatable bonds is 5. The molecule has 4 nitrogen and oxygen atoms in total. The fourth-order valence-electron chi connectivity index (χ4n) is 1.84. The summed E-state index contributed by atoms with van der Waals surface area (Å²) in [5.74, 6) is -0.109. The van der Waals surface area contributed by atoms with Crippen LogP contribution in [-0.2, 0) is 0 Å². The molecule has 0 amide bonds. The van der Waals surface area contributed by atoms with Crippen LogP contribution in [0.1, 0.15) is 36.2 Å². The first-order valence-corrected chi connectivity index (χ1v) is 6.57. The first kappa shape index (κ1) is 10.1. The summed E-state index contributed by atoms with van der Waals surface area (Å²) >= 11 is 1.46. The molecule has 1 aromatic rings. The van der Waals surface area contributed by atoms with Crippen molar-refractivity contribution in [2.45, 2.75) is 31.7 Å². The number of hydrogen-bond donors (Lipinski definition) is 1. The van der Waals surface area contributed by atoms with Gasteiger partial charge in [0, 0.05) is 18.0 Å². The molecule has 0 saturated heterocycles. The third-order valence-corrected chi connectivity index (χ3v) is 3.97. The molecule has 0 aliphatic heterocycles. The van der Waals surface area contributed by atoms with Gasteiger partial charge >= 0.3 is 5.97 Å². The molecule has 2 fully saturated rings. The molecule has 86 valence electrons. The van der Waals surface area contributed by atoms with Crippen molar-refractivity contribution < 1.29 is 9.90 Å². The molecule has 0 radical (unpaired) electrons. The molecule has 0 unspecified atom stereocenters. The fourth-order valence-corrected chi connectivity index (χ4v) is 2.72. The van der Waals surface area contributed by atoms with Gasteiger partial charge in [-0.3, -0.25) is 0 Å². The van der Waals surface area contributed by atoms with E-state index in [1.165, 1.54) is 37.0 Å². The molecule has 5 heteroatoms. The van der Waals surface area contributed by atoms with Crippen molar-refractivity contribution in [1.82, 2.24) is 4.98 Å². The molecule has 2 aliphatic carbocycles. The van der Waals surface area contributed by atoms with Gasteiger partial charge in [0.1, 0.15) is 0 Å². The number of anilines is 1. The third-order valence-electron chi connectivity index (χ3n) is 3.10. The van der Waals surface area contributed by atoms with Crippen LogP contribution < -0.4 is 4.90 Å². The van der Waals surface area contributed by atoms with E-state index in [2.05, 4.69) is 9.88 Å². The highest BCUT2D eigenvalue weighted by Crippen LogP contribution is 2.38. The van der Waals surface area contributed by atoms with E-state index in [0.29, 0.717) is 6.04 Å². The number of nitrogens with zero attached hydrogens (tertiary/aromatic N) is 2. The molecule has 1 aromatic heterocycles. The molecule has 1 heterocycles. The topological polar surface area (TPSA) is 53.4 Å². The van der Waals surface area contributed by atoms with Gasteiger partial charge in [0.25, 0.3) is 0 Å². The molecular weight excluding hydrogens is 224 g/mol. The van der Waals surface area contributed by atoms with Crippen molar-refractivity contribution in [3.63, 3.8) is 0 Å². The van der Waals surface area contributed by atoms with Crippen LogP contribution in [0.5, 0.6) is 0 Å². The zero-order valence-corrected chi connectivity index (χ0v) is 9.74. The Morgan fingerprint density at radius 2 is 2.25 bits per heavy atom. The second-order valence-electron chi connectivity index (χ2n) is 4.65. The molecule has 16 heavy (non-hydrogen) atoms. The van der Waals surface area contributed by atoms with Crippen molar-refractivity contribution in [3.8, 4) is 0 Å². The monoisotopic (exact) mass is 238 g/mol. The summed E-state index contributed by atoms with van der Waals surface area (Å²) in [7, 11) is 0. The predicted molar refractivity (Wildman–Crippen MR) is 62.2 cm³/mol. The number of aromatic nitrogens is 1. The highest BCUT2D eigenvalue weighted by atomic mass is 32.1. The number of carbonyl (C=O) groups is 1. The Labute approximate surface area is 97.9 Å². The molecule has 2 aliphatic rings. The normalized spacial score (nSPS) is 19.8. The zero-order chi connectivity index (χ0) is 11.1. The van der Waals surface area contributed by atoms with Crippen molar-refractivity contribution in [2.75, 3.05) is 11.4 Å². The maximum absolute atomic E-state index is 10.8. The number of hydrogen-bond acceptors (Lipinski definition) is 4. The fraction of sp³-hybridized carbons (Fsp3) is 0.636. The lowest BCUT2D eigenvalue weighted by Crippen LogP contribution is -2.27. The van der Waals surface area contributed by atoms with E-state index in [1.54, 1.807) is 5.38 Å². The van der Waals surface area contributed by atoms with E-state index in [-0.39, 0.29) is 5.69 Å². The van der Waals surface area contributed by atoms with Crippen molar-refractivity contribution in [1.29, 1.82) is 0 Å². The van der Waals surface area contributed by atoms with Gasteiger partial charge in [0.05, 0.1) is 0 Å². The molecular formula is C11H14N2O2S. The number of thiazole rings is 1. The Morgan fingerprint density at radius 1 is 1.50 bits per heavy atom. The predicted octanol–water partition coefficient (Wildman–Crippen LogP) is 2.22. The second-order valence-corrected chi connectivity index (χ2v) is 5.48. The van der Waals surface area contributed by atoms with Crippen LogP contribution >= 0.6 is 11.3 Å². The van der Waals surface area contributed by atoms with Gasteiger partial charge in [-0.25, -0.2) is 9.78 Å². The van der Waals surface area contributed by atoms with Crippen LogP contribution in [0.3, 0.4) is 0 Å². The van der Waals surface area contributed by atoms with Crippen molar-refractivity contribution in [2.24, 2.45) is 5.92 Å². The lowest BCUT2D eigenvalue weighted by molar-refractivity contribution is 0.0691. The van der Waals surface area contributed by atoms with Crippen molar-refractivity contribution in [3.05, 3.63) is 11.1 Å². The highest BCUT2D eigenvalue weighted by Gasteiger charge is 2.35. The Bertz CT molecular complexity index is 410. The summed E-state index contributed by atoms with van der Waals surface area (Å²) in [6.45, 7) is 1.07. The van der Waals surface area contributed by atoms with E-state index in [4.69, 9.17) is 5.11 Å². The van der Waals surface area contributed by atoms with Gasteiger partial charge in [-0.15, -0.1) is 11.3 Å². The SMILES string of the molecule is O=C(O)c1csc(N(CC2CC2)C2CC2)n1. The summed E-state index contributed by atoms with van der Waals surface area (Å²) in [5.41, 5.74) is 0.182. The molecule has 0 atom stereocenters. The van der Waals surface area contributed by atoms with E-state index >= 15 is 0 Å². The summed E-state index contributed by atoms with van der Waals surface area (Å²) < 4.78 is 0. The number of carboxylic acids is 1. The minimum Gasteiger partial charge on any atom is -0.476 e. The number of carboxylic acid groups (broad SMARTS) is 1. The first-order valence-electron chi connectivity index (χ1n) is 5.69. The summed E-state index contributed by atoms with van der Waals surface area (Å²) in [5, 5.41) is 11.4. The third kappa shape index (κ3) is 2.04. The van der Waals surface area contributed by atoms with Crippen LogP contribution in [0.15, 0.2) is 5.38 Å². The summed E-state index contributed by atoms with van der Waals surface area (Å²) in [4.78, 5) is 17.3. The van der Waals surface area contributed by atoms with Gasteiger partial charge in [-0.2, -0.15) is 0 Å². The Balaban J connectivity index is 1.77. The molecule has 0 aromatic carbocycles. The van der Waals surface area contributed by atoms with Crippen LogP contribution in [0.25, 0.3) is 0 Å². The maximum Gasteiger partial charge on any atom is 0.355 e. The Morgan fingerprint density at radius 3 is 2.75 bits per heavy atom. The second kappa shape index (κ2) is 3.73. The van der Waals surface area contributed by atoms with E-state index < -0.39 is 5.97 Å². The summed E-state index contributed by atoms with van der Waals surface area (Å²) in [6.07, 6.45) is 5.10. The molecule has 1 N–H and O–H groups in total. The smallest absolute Gasteiger partial charge is 0.355 e. The molecule has 2 saturated carbocycles. The molecule has 0 bridgehead atoms. The molecule has 0 spiro atoms. The maximum atomic E-state index is 10.8.